The standard InChI is InChI=1S/C21H17F3N2O3/c1-12-6-8-13(9-7-12)20-26-16(11-29-20)25(2)18(27)17(19(26)28)14-4-3-5-15(10-14)21(22,23)24/h3-10,20H,11H2,1-2H3/p+1. The molecule has 4 rings (SSSR count). The largest absolute Gasteiger partial charge is 0.477 e. The fraction of sp³-hybridized carbons (Fsp3) is 0.238. The van der Waals surface area contributed by atoms with E-state index in [2.05, 4.69) is 0 Å². The summed E-state index contributed by atoms with van der Waals surface area (Å²) in [5.74, 6) is 0.0162. The minimum atomic E-state index is -4.56. The predicted octanol–water partition coefficient (Wildman–Crippen LogP) is 3.45. The van der Waals surface area contributed by atoms with E-state index in [4.69, 9.17) is 4.74 Å². The van der Waals surface area contributed by atoms with Crippen molar-refractivity contribution in [1.29, 1.82) is 0 Å². The Hall–Kier alpha value is -3.13. The number of fused-ring (bicyclic) bond motifs is 1. The summed E-state index contributed by atoms with van der Waals surface area (Å²) in [6, 6.07) is 11.8. The lowest BCUT2D eigenvalue weighted by atomic mass is 10.0. The van der Waals surface area contributed by atoms with Crippen molar-refractivity contribution in [1.82, 2.24) is 4.57 Å². The van der Waals surface area contributed by atoms with Gasteiger partial charge in [0.2, 0.25) is 6.23 Å². The number of aromatic hydroxyl groups is 1. The molecule has 2 aromatic carbocycles. The molecule has 2 heterocycles. The van der Waals surface area contributed by atoms with Gasteiger partial charge in [-0.25, -0.2) is 9.36 Å². The molecule has 1 aliphatic heterocycles. The zero-order chi connectivity index (χ0) is 20.9. The average Bonchev–Trinajstić information content (AvgIpc) is 3.12. The van der Waals surface area contributed by atoms with Crippen molar-refractivity contribution in [2.75, 3.05) is 0 Å². The fourth-order valence-corrected chi connectivity index (χ4v) is 3.50. The predicted molar refractivity (Wildman–Crippen MR) is 98.1 cm³/mol. The van der Waals surface area contributed by atoms with Gasteiger partial charge in [-0.1, -0.05) is 42.0 Å². The van der Waals surface area contributed by atoms with Gasteiger partial charge in [0.1, 0.15) is 0 Å². The van der Waals surface area contributed by atoms with Crippen LogP contribution in [0.3, 0.4) is 0 Å². The first-order valence-corrected chi connectivity index (χ1v) is 8.90. The topological polar surface area (TPSA) is 55.3 Å². The summed E-state index contributed by atoms with van der Waals surface area (Å²) in [7, 11) is 1.54. The van der Waals surface area contributed by atoms with Crippen LogP contribution in [0.25, 0.3) is 11.1 Å². The number of ether oxygens (including phenoxy) is 1. The van der Waals surface area contributed by atoms with Crippen molar-refractivity contribution in [2.24, 2.45) is 7.05 Å². The molecule has 0 spiro atoms. The molecule has 0 bridgehead atoms. The van der Waals surface area contributed by atoms with Crippen LogP contribution in [0, 0.1) is 6.92 Å². The van der Waals surface area contributed by atoms with Crippen LogP contribution in [0.1, 0.15) is 28.7 Å². The number of hydrogen-bond donors (Lipinski definition) is 1. The van der Waals surface area contributed by atoms with Crippen molar-refractivity contribution in [2.45, 2.75) is 25.9 Å². The molecule has 1 atom stereocenters. The van der Waals surface area contributed by atoms with E-state index in [-0.39, 0.29) is 17.7 Å². The van der Waals surface area contributed by atoms with Gasteiger partial charge in [-0.2, -0.15) is 17.7 Å². The zero-order valence-electron chi connectivity index (χ0n) is 15.7. The van der Waals surface area contributed by atoms with Gasteiger partial charge >= 0.3 is 11.7 Å². The lowest BCUT2D eigenvalue weighted by Crippen LogP contribution is -2.42. The molecule has 3 aromatic rings. The second-order valence-electron chi connectivity index (χ2n) is 7.00. The van der Waals surface area contributed by atoms with E-state index < -0.39 is 29.4 Å². The monoisotopic (exact) mass is 403 g/mol. The third-order valence-electron chi connectivity index (χ3n) is 5.09. The van der Waals surface area contributed by atoms with E-state index in [0.29, 0.717) is 5.82 Å². The fourth-order valence-electron chi connectivity index (χ4n) is 3.50. The molecule has 0 amide bonds. The summed E-state index contributed by atoms with van der Waals surface area (Å²) in [6.07, 6.45) is -5.29. The number of nitrogens with zero attached hydrogens (tertiary/aromatic N) is 2. The lowest BCUT2D eigenvalue weighted by Gasteiger charge is -2.13. The summed E-state index contributed by atoms with van der Waals surface area (Å²) in [5, 5.41) is 10.6. The molecule has 150 valence electrons. The van der Waals surface area contributed by atoms with Crippen LogP contribution in [0.15, 0.2) is 53.3 Å². The summed E-state index contributed by atoms with van der Waals surface area (Å²) < 4.78 is 47.9. The Morgan fingerprint density at radius 1 is 1.17 bits per heavy atom. The molecule has 0 saturated carbocycles. The molecule has 1 N–H and O–H groups in total. The van der Waals surface area contributed by atoms with Gasteiger partial charge in [-0.3, -0.25) is 0 Å². The Morgan fingerprint density at radius 2 is 1.86 bits per heavy atom. The highest BCUT2D eigenvalue weighted by Gasteiger charge is 2.39. The first-order chi connectivity index (χ1) is 13.7. The number of hydrogen-bond acceptors (Lipinski definition) is 3. The van der Waals surface area contributed by atoms with Gasteiger partial charge in [0.05, 0.1) is 12.6 Å². The number of benzene rings is 2. The van der Waals surface area contributed by atoms with Crippen LogP contribution in [-0.2, 0) is 24.6 Å². The minimum Gasteiger partial charge on any atom is -0.477 e. The van der Waals surface area contributed by atoms with Crippen LogP contribution in [0.2, 0.25) is 0 Å². The number of halogens is 3. The highest BCUT2D eigenvalue weighted by Crippen LogP contribution is 2.34. The first kappa shape index (κ1) is 19.2. The Bertz CT molecular complexity index is 1150. The molecular formula is C21H18F3N2O3+. The number of alkyl halides is 3. The molecule has 1 unspecified atom stereocenters. The van der Waals surface area contributed by atoms with E-state index >= 15 is 0 Å². The van der Waals surface area contributed by atoms with Crippen molar-refractivity contribution in [3.05, 3.63) is 81.4 Å². The van der Waals surface area contributed by atoms with E-state index in [0.717, 1.165) is 23.3 Å². The molecule has 0 saturated heterocycles. The SMILES string of the molecule is Cc1ccc(C2OCc3n2c(=O)c(-c2cccc(C(F)(F)F)c2)c(O)[n+]3C)cc1. The van der Waals surface area contributed by atoms with Crippen molar-refractivity contribution >= 4 is 0 Å². The lowest BCUT2D eigenvalue weighted by molar-refractivity contribution is -0.689. The van der Waals surface area contributed by atoms with E-state index in [9.17, 15) is 23.1 Å². The molecule has 5 nitrogen and oxygen atoms in total. The van der Waals surface area contributed by atoms with Crippen LogP contribution >= 0.6 is 0 Å². The third-order valence-corrected chi connectivity index (χ3v) is 5.09. The summed E-state index contributed by atoms with van der Waals surface area (Å²) >= 11 is 0. The van der Waals surface area contributed by atoms with Gasteiger partial charge in [0.25, 0.3) is 11.7 Å². The molecular weight excluding hydrogens is 385 g/mol. The van der Waals surface area contributed by atoms with Crippen molar-refractivity contribution in [3.63, 3.8) is 0 Å². The molecule has 0 aliphatic carbocycles. The number of rotatable bonds is 2. The molecule has 0 radical (unpaired) electrons. The Balaban J connectivity index is 1.93. The smallest absolute Gasteiger partial charge is 0.416 e. The molecule has 1 aromatic heterocycles. The Kier molecular flexibility index (Phi) is 4.46. The molecule has 29 heavy (non-hydrogen) atoms. The van der Waals surface area contributed by atoms with Crippen molar-refractivity contribution < 1.29 is 27.6 Å². The molecule has 1 aliphatic rings. The number of aromatic nitrogens is 2. The van der Waals surface area contributed by atoms with Crippen LogP contribution in [0.4, 0.5) is 13.2 Å². The summed E-state index contributed by atoms with van der Waals surface area (Å²) in [6.45, 7) is 2.02. The first-order valence-electron chi connectivity index (χ1n) is 8.90. The molecule has 8 heteroatoms. The van der Waals surface area contributed by atoms with Gasteiger partial charge in [-0.05, 0) is 24.6 Å². The molecule has 0 fully saturated rings. The van der Waals surface area contributed by atoms with Crippen LogP contribution in [0.5, 0.6) is 5.88 Å². The maximum Gasteiger partial charge on any atom is 0.416 e. The second kappa shape index (κ2) is 6.73. The number of aryl methyl sites for hydroxylation is 1. The van der Waals surface area contributed by atoms with E-state index in [1.165, 1.54) is 21.3 Å². The van der Waals surface area contributed by atoms with Gasteiger partial charge in [0, 0.05) is 5.56 Å². The minimum absolute atomic E-state index is 0.0113. The zero-order valence-corrected chi connectivity index (χ0v) is 15.7. The van der Waals surface area contributed by atoms with Gasteiger partial charge in [0.15, 0.2) is 12.2 Å². The van der Waals surface area contributed by atoms with Gasteiger partial charge < -0.3 is 9.84 Å². The average molecular weight is 403 g/mol. The van der Waals surface area contributed by atoms with Crippen LogP contribution < -0.4 is 10.1 Å². The highest BCUT2D eigenvalue weighted by molar-refractivity contribution is 5.67. The van der Waals surface area contributed by atoms with Crippen molar-refractivity contribution in [3.8, 4) is 17.0 Å². The summed E-state index contributed by atoms with van der Waals surface area (Å²) in [4.78, 5) is 13.3. The van der Waals surface area contributed by atoms with E-state index in [1.54, 1.807) is 7.05 Å². The van der Waals surface area contributed by atoms with Gasteiger partial charge in [-0.15, -0.1) is 0 Å². The summed E-state index contributed by atoms with van der Waals surface area (Å²) in [5.41, 5.74) is 0.0522. The maximum absolute atomic E-state index is 13.3. The highest BCUT2D eigenvalue weighted by atomic mass is 19.4. The Morgan fingerprint density at radius 3 is 2.52 bits per heavy atom. The van der Waals surface area contributed by atoms with Crippen LogP contribution in [-0.4, -0.2) is 9.67 Å². The quantitative estimate of drug-likeness (QED) is 0.667. The normalized spacial score (nSPS) is 16.1. The third kappa shape index (κ3) is 3.19. The maximum atomic E-state index is 13.3. The second-order valence-corrected chi connectivity index (χ2v) is 7.00. The Labute approximate surface area is 164 Å². The van der Waals surface area contributed by atoms with E-state index in [1.807, 2.05) is 31.2 Å².